The standard InChI is InChI=1S/C24H29ClN4O2S.3ClH/c1-26-14-16-29(18-17-28(2)15-4-5-20-8-10-22(25)11-9-20)32(30,31)24-7-3-6-21-19-27-13-12-23(21)24;;;/h3-13,19,26H,14-18H2,1-2H3;3*1H. The first-order valence-corrected chi connectivity index (χ1v) is 12.3. The lowest BCUT2D eigenvalue weighted by Crippen LogP contribution is -2.40. The molecule has 6 nitrogen and oxygen atoms in total. The average molecular weight is 582 g/mol. The van der Waals surface area contributed by atoms with E-state index in [9.17, 15) is 8.42 Å². The molecule has 0 aliphatic heterocycles. The third-order valence-electron chi connectivity index (χ3n) is 5.20. The minimum absolute atomic E-state index is 0. The Hall–Kier alpha value is -1.42. The maximum Gasteiger partial charge on any atom is 0.243 e. The molecule has 0 saturated carbocycles. The monoisotopic (exact) mass is 580 g/mol. The van der Waals surface area contributed by atoms with Gasteiger partial charge in [-0.1, -0.05) is 48.0 Å². The number of likely N-dealkylation sites (N-methyl/N-ethyl adjacent to an activating group) is 2. The van der Waals surface area contributed by atoms with Crippen LogP contribution < -0.4 is 5.32 Å². The van der Waals surface area contributed by atoms with E-state index >= 15 is 0 Å². The van der Waals surface area contributed by atoms with Crippen LogP contribution in [0.25, 0.3) is 16.8 Å². The van der Waals surface area contributed by atoms with Crippen LogP contribution in [0.1, 0.15) is 5.56 Å². The second-order valence-electron chi connectivity index (χ2n) is 7.58. The summed E-state index contributed by atoms with van der Waals surface area (Å²) in [5, 5.41) is 5.27. The van der Waals surface area contributed by atoms with E-state index in [0.717, 1.165) is 10.9 Å². The quantitative estimate of drug-likeness (QED) is 0.345. The molecule has 0 atom stereocenters. The van der Waals surface area contributed by atoms with Crippen LogP contribution in [0.15, 0.2) is 71.9 Å². The normalized spacial score (nSPS) is 11.3. The molecule has 0 aliphatic carbocycles. The predicted octanol–water partition coefficient (Wildman–Crippen LogP) is 5.01. The zero-order valence-electron chi connectivity index (χ0n) is 19.6. The minimum Gasteiger partial charge on any atom is -0.318 e. The van der Waals surface area contributed by atoms with Gasteiger partial charge in [-0.2, -0.15) is 4.31 Å². The summed E-state index contributed by atoms with van der Waals surface area (Å²) < 4.78 is 28.6. The largest absolute Gasteiger partial charge is 0.318 e. The van der Waals surface area contributed by atoms with Crippen molar-refractivity contribution in [3.05, 3.63) is 77.6 Å². The summed E-state index contributed by atoms with van der Waals surface area (Å²) in [6.07, 6.45) is 7.41. The highest BCUT2D eigenvalue weighted by atomic mass is 35.5. The van der Waals surface area contributed by atoms with Gasteiger partial charge in [-0.3, -0.25) is 4.98 Å². The molecule has 0 amide bonds. The molecule has 35 heavy (non-hydrogen) atoms. The van der Waals surface area contributed by atoms with Crippen LogP contribution in [0, 0.1) is 0 Å². The Bertz CT molecular complexity index is 1160. The second-order valence-corrected chi connectivity index (χ2v) is 9.92. The number of sulfonamides is 1. The molecule has 0 radical (unpaired) electrons. The Kier molecular flexibility index (Phi) is 15.7. The van der Waals surface area contributed by atoms with Gasteiger partial charge in [0.1, 0.15) is 0 Å². The van der Waals surface area contributed by atoms with Crippen LogP contribution in [-0.4, -0.2) is 69.4 Å². The molecular weight excluding hydrogens is 550 g/mol. The van der Waals surface area contributed by atoms with Crippen molar-refractivity contribution in [2.24, 2.45) is 0 Å². The van der Waals surface area contributed by atoms with E-state index in [0.29, 0.717) is 48.0 Å². The van der Waals surface area contributed by atoms with Crippen LogP contribution in [0.3, 0.4) is 0 Å². The third-order valence-corrected chi connectivity index (χ3v) is 7.41. The first kappa shape index (κ1) is 33.6. The van der Waals surface area contributed by atoms with Crippen LogP contribution in [0.5, 0.6) is 0 Å². The van der Waals surface area contributed by atoms with E-state index in [4.69, 9.17) is 11.6 Å². The van der Waals surface area contributed by atoms with Crippen molar-refractivity contribution < 1.29 is 8.42 Å². The smallest absolute Gasteiger partial charge is 0.243 e. The van der Waals surface area contributed by atoms with Gasteiger partial charge in [-0.05, 0) is 43.9 Å². The summed E-state index contributed by atoms with van der Waals surface area (Å²) in [4.78, 5) is 6.52. The maximum absolute atomic E-state index is 13.5. The average Bonchev–Trinajstić information content (AvgIpc) is 2.79. The molecule has 0 bridgehead atoms. The lowest BCUT2D eigenvalue weighted by Gasteiger charge is -2.25. The van der Waals surface area contributed by atoms with Crippen molar-refractivity contribution >= 4 is 75.7 Å². The fraction of sp³-hybridized carbons (Fsp3) is 0.292. The van der Waals surface area contributed by atoms with Gasteiger partial charge in [-0.15, -0.1) is 37.2 Å². The number of benzene rings is 2. The summed E-state index contributed by atoms with van der Waals surface area (Å²) in [6.45, 7) is 2.69. The number of halogens is 4. The molecule has 0 saturated heterocycles. The molecule has 3 rings (SSSR count). The van der Waals surface area contributed by atoms with Gasteiger partial charge in [0, 0.05) is 60.9 Å². The number of aromatic nitrogens is 1. The van der Waals surface area contributed by atoms with Gasteiger partial charge in [0.25, 0.3) is 0 Å². The van der Waals surface area contributed by atoms with Crippen LogP contribution >= 0.6 is 48.8 Å². The van der Waals surface area contributed by atoms with E-state index in [1.165, 1.54) is 0 Å². The van der Waals surface area contributed by atoms with Gasteiger partial charge in [0.05, 0.1) is 4.90 Å². The third kappa shape index (κ3) is 9.52. The van der Waals surface area contributed by atoms with E-state index in [-0.39, 0.29) is 37.2 Å². The van der Waals surface area contributed by atoms with E-state index in [1.54, 1.807) is 34.9 Å². The van der Waals surface area contributed by atoms with Gasteiger partial charge in [0.2, 0.25) is 10.0 Å². The summed E-state index contributed by atoms with van der Waals surface area (Å²) in [5.41, 5.74) is 1.08. The molecule has 0 aliphatic rings. The molecule has 3 aromatic rings. The Morgan fingerprint density at radius 1 is 1.00 bits per heavy atom. The molecule has 0 fully saturated rings. The number of pyridine rings is 1. The highest BCUT2D eigenvalue weighted by Gasteiger charge is 2.26. The number of nitrogens with zero attached hydrogens (tertiary/aromatic N) is 3. The van der Waals surface area contributed by atoms with Crippen LogP contribution in [0.2, 0.25) is 5.02 Å². The molecule has 2 aromatic carbocycles. The summed E-state index contributed by atoms with van der Waals surface area (Å²) in [6, 6.07) is 14.7. The lowest BCUT2D eigenvalue weighted by atomic mass is 10.2. The van der Waals surface area contributed by atoms with Crippen molar-refractivity contribution in [2.45, 2.75) is 4.90 Å². The Labute approximate surface area is 232 Å². The lowest BCUT2D eigenvalue weighted by molar-refractivity contribution is 0.314. The minimum atomic E-state index is -3.65. The Balaban J connectivity index is 0.00000385. The highest BCUT2D eigenvalue weighted by molar-refractivity contribution is 7.89. The van der Waals surface area contributed by atoms with Crippen molar-refractivity contribution in [3.8, 4) is 0 Å². The topological polar surface area (TPSA) is 65.5 Å². The molecule has 11 heteroatoms. The molecular formula is C24H32Cl4N4O2S. The molecule has 194 valence electrons. The fourth-order valence-electron chi connectivity index (χ4n) is 3.36. The fourth-order valence-corrected chi connectivity index (χ4v) is 5.13. The van der Waals surface area contributed by atoms with Gasteiger partial charge in [-0.25, -0.2) is 8.42 Å². The van der Waals surface area contributed by atoms with Crippen molar-refractivity contribution in [1.82, 2.24) is 19.5 Å². The van der Waals surface area contributed by atoms with Crippen molar-refractivity contribution in [1.29, 1.82) is 0 Å². The first-order valence-electron chi connectivity index (χ1n) is 10.5. The number of nitrogens with one attached hydrogen (secondary N) is 1. The van der Waals surface area contributed by atoms with E-state index < -0.39 is 10.0 Å². The second kappa shape index (κ2) is 16.3. The van der Waals surface area contributed by atoms with Crippen LogP contribution in [-0.2, 0) is 10.0 Å². The van der Waals surface area contributed by atoms with Gasteiger partial charge < -0.3 is 10.2 Å². The van der Waals surface area contributed by atoms with Gasteiger partial charge >= 0.3 is 0 Å². The Morgan fingerprint density at radius 2 is 1.71 bits per heavy atom. The molecule has 1 N–H and O–H groups in total. The summed E-state index contributed by atoms with van der Waals surface area (Å²) >= 11 is 5.92. The zero-order chi connectivity index (χ0) is 23.0. The highest BCUT2D eigenvalue weighted by Crippen LogP contribution is 2.25. The van der Waals surface area contributed by atoms with E-state index in [2.05, 4.69) is 21.3 Å². The number of hydrogen-bond donors (Lipinski definition) is 1. The number of hydrogen-bond acceptors (Lipinski definition) is 5. The summed E-state index contributed by atoms with van der Waals surface area (Å²) in [5.74, 6) is 0. The predicted molar refractivity (Wildman–Crippen MR) is 154 cm³/mol. The molecule has 1 heterocycles. The molecule has 1 aromatic heterocycles. The van der Waals surface area contributed by atoms with Crippen molar-refractivity contribution in [3.63, 3.8) is 0 Å². The van der Waals surface area contributed by atoms with Crippen LogP contribution in [0.4, 0.5) is 0 Å². The van der Waals surface area contributed by atoms with E-state index in [1.807, 2.05) is 50.5 Å². The number of fused-ring (bicyclic) bond motifs is 1. The summed E-state index contributed by atoms with van der Waals surface area (Å²) in [7, 11) is 0.151. The SMILES string of the molecule is CNCCN(CCN(C)CC=Cc1ccc(Cl)cc1)S(=O)(=O)c1cccc2cnccc12.Cl.Cl.Cl. The molecule has 0 spiro atoms. The molecule has 0 unspecified atom stereocenters. The first-order chi connectivity index (χ1) is 15.4. The van der Waals surface area contributed by atoms with Crippen molar-refractivity contribution in [2.75, 3.05) is 46.8 Å². The van der Waals surface area contributed by atoms with Gasteiger partial charge in [0.15, 0.2) is 0 Å². The number of rotatable bonds is 11. The maximum atomic E-state index is 13.5. The Morgan fingerprint density at radius 3 is 2.40 bits per heavy atom. The zero-order valence-corrected chi connectivity index (χ0v) is 23.7.